The van der Waals surface area contributed by atoms with Gasteiger partial charge >= 0.3 is 18.1 Å². The molecular weight excluding hydrogens is 862 g/mol. The second kappa shape index (κ2) is 18.2. The van der Waals surface area contributed by atoms with Crippen molar-refractivity contribution in [1.82, 2.24) is 14.9 Å². The summed E-state index contributed by atoms with van der Waals surface area (Å²) in [6, 6.07) is 20.7. The molecule has 2 fully saturated rings. The Kier molecular flexibility index (Phi) is 12.8. The number of aliphatic imine (C=N–C) groups is 1. The second-order valence-corrected chi connectivity index (χ2v) is 15.3. The number of aromatic nitrogens is 2. The number of carbonyl (C=O) groups is 3. The lowest BCUT2D eigenvalue weighted by atomic mass is 9.72. The number of fused-ring (bicyclic) bond motifs is 3. The number of benzene rings is 4. The van der Waals surface area contributed by atoms with Gasteiger partial charge in [-0.15, -0.1) is 0 Å². The normalized spacial score (nSPS) is 14.4. The van der Waals surface area contributed by atoms with Crippen LogP contribution in [0.15, 0.2) is 84.0 Å². The van der Waals surface area contributed by atoms with E-state index in [1.165, 1.54) is 27.4 Å². The van der Waals surface area contributed by atoms with Gasteiger partial charge in [0.15, 0.2) is 0 Å². The highest BCUT2D eigenvalue weighted by Crippen LogP contribution is 2.44. The standard InChI is InChI=1S/C43H37ClFN7O5.C2HF3O2/c1-55-35-8-4-7-34(45)37(35)39-33-17-27(44)9-12-31(33)38-26(19-47-39)20-48-42(50-38)49-28-10-13-32(36(18-28)56-2)40(53)52-23-43(24-52)21-51(22-43)29-11-14-30(41(54)57-3)25(16-29)6-5-15-46;3-2(4,5)1(6)7/h4,7-14,16-18,20H,15,19,21-24,46H2,1-3H3,(H,48,49,50);(H,6,7). The Bertz CT molecular complexity index is 2760. The number of nitrogens with zero attached hydrogens (tertiary/aromatic N) is 5. The first-order valence-electron chi connectivity index (χ1n) is 19.3. The Balaban J connectivity index is 0.000000809. The Morgan fingerprint density at radius 2 is 1.66 bits per heavy atom. The van der Waals surface area contributed by atoms with Crippen LogP contribution >= 0.6 is 11.6 Å². The van der Waals surface area contributed by atoms with E-state index >= 15 is 4.39 Å². The van der Waals surface area contributed by atoms with E-state index < -0.39 is 23.9 Å². The van der Waals surface area contributed by atoms with Crippen molar-refractivity contribution < 1.29 is 51.3 Å². The predicted molar refractivity (Wildman–Crippen MR) is 229 cm³/mol. The molecule has 4 heterocycles. The van der Waals surface area contributed by atoms with Crippen LogP contribution in [0.1, 0.15) is 43.0 Å². The maximum absolute atomic E-state index is 15.3. The molecule has 1 aromatic heterocycles. The fraction of sp³-hybridized carbons (Fsp3) is 0.244. The van der Waals surface area contributed by atoms with Gasteiger partial charge in [0.25, 0.3) is 5.91 Å². The molecule has 0 bridgehead atoms. The van der Waals surface area contributed by atoms with Crippen LogP contribution in [0.5, 0.6) is 11.5 Å². The number of carboxylic acids is 1. The summed E-state index contributed by atoms with van der Waals surface area (Å²) in [6.07, 6.45) is -3.39. The van der Waals surface area contributed by atoms with Crippen LogP contribution in [-0.4, -0.2) is 104 Å². The lowest BCUT2D eigenvalue weighted by Crippen LogP contribution is -2.73. The van der Waals surface area contributed by atoms with Crippen LogP contribution in [0.25, 0.3) is 11.3 Å². The number of carboxylic acid groups (broad SMARTS) is 1. The van der Waals surface area contributed by atoms with Gasteiger partial charge in [0.2, 0.25) is 5.95 Å². The number of esters is 1. The number of anilines is 3. The third kappa shape index (κ3) is 9.12. The van der Waals surface area contributed by atoms with Gasteiger partial charge in [-0.1, -0.05) is 35.6 Å². The van der Waals surface area contributed by atoms with Gasteiger partial charge < -0.3 is 40.2 Å². The molecule has 3 aliphatic heterocycles. The molecule has 0 unspecified atom stereocenters. The van der Waals surface area contributed by atoms with Crippen molar-refractivity contribution in [3.63, 3.8) is 0 Å². The molecule has 0 atom stereocenters. The van der Waals surface area contributed by atoms with Crippen molar-refractivity contribution in [1.29, 1.82) is 0 Å². The highest BCUT2D eigenvalue weighted by molar-refractivity contribution is 6.31. The largest absolute Gasteiger partial charge is 0.496 e. The third-order valence-electron chi connectivity index (χ3n) is 10.6. The zero-order valence-corrected chi connectivity index (χ0v) is 35.1. The van der Waals surface area contributed by atoms with Crippen LogP contribution in [0.3, 0.4) is 0 Å². The number of hydrogen-bond acceptors (Lipinski definition) is 12. The minimum atomic E-state index is -5.08. The fourth-order valence-corrected chi connectivity index (χ4v) is 7.84. The molecule has 0 radical (unpaired) electrons. The number of amides is 1. The Hall–Kier alpha value is -7.23. The number of nitrogens with two attached hydrogens (primary N) is 1. The monoisotopic (exact) mass is 899 g/mol. The molecule has 0 aliphatic carbocycles. The van der Waals surface area contributed by atoms with Crippen molar-refractivity contribution in [2.45, 2.75) is 12.7 Å². The van der Waals surface area contributed by atoms with Crippen molar-refractivity contribution in [3.8, 4) is 34.6 Å². The molecule has 0 saturated carbocycles. The Morgan fingerprint density at radius 1 is 0.938 bits per heavy atom. The van der Waals surface area contributed by atoms with Gasteiger partial charge in [0.1, 0.15) is 17.3 Å². The first-order valence-corrected chi connectivity index (χ1v) is 19.7. The summed E-state index contributed by atoms with van der Waals surface area (Å²) < 4.78 is 63.2. The fourth-order valence-electron chi connectivity index (χ4n) is 7.67. The SMILES string of the molecule is COC(=O)c1ccc(N2CC3(CN(C(=O)c4ccc(Nc5ncc6c(n5)-c5ccc(Cl)cc5C(c5c(F)cccc5OC)=NC6)cc4OC)C3)C2)cc1C#CCN.O=C(O)C(F)(F)F. The molecule has 2 saturated heterocycles. The molecule has 3 aliphatic rings. The summed E-state index contributed by atoms with van der Waals surface area (Å²) in [5.41, 5.74) is 11.8. The number of ether oxygens (including phenoxy) is 3. The molecule has 8 rings (SSSR count). The summed E-state index contributed by atoms with van der Waals surface area (Å²) in [5, 5.41) is 10.8. The summed E-state index contributed by atoms with van der Waals surface area (Å²) in [5.74, 6) is 3.06. The minimum absolute atomic E-state index is 0.0196. The summed E-state index contributed by atoms with van der Waals surface area (Å²) in [7, 11) is 4.35. The smallest absolute Gasteiger partial charge is 0.490 e. The number of carbonyl (C=O) groups excluding carboxylic acids is 2. The number of methoxy groups -OCH3 is 3. The zero-order chi connectivity index (χ0) is 45.9. The van der Waals surface area contributed by atoms with E-state index in [1.54, 1.807) is 54.7 Å². The van der Waals surface area contributed by atoms with Crippen molar-refractivity contribution in [3.05, 3.63) is 123 Å². The van der Waals surface area contributed by atoms with E-state index in [0.717, 1.165) is 24.3 Å². The first-order chi connectivity index (χ1) is 30.6. The van der Waals surface area contributed by atoms with Crippen molar-refractivity contribution >= 4 is 52.5 Å². The van der Waals surface area contributed by atoms with E-state index in [1.807, 2.05) is 23.1 Å². The van der Waals surface area contributed by atoms with Crippen LogP contribution in [-0.2, 0) is 16.1 Å². The maximum Gasteiger partial charge on any atom is 0.490 e. The van der Waals surface area contributed by atoms with Gasteiger partial charge in [-0.2, -0.15) is 13.2 Å². The van der Waals surface area contributed by atoms with Crippen LogP contribution in [0, 0.1) is 23.1 Å². The number of aliphatic carboxylic acids is 1. The van der Waals surface area contributed by atoms with E-state index in [4.69, 9.17) is 51.4 Å². The number of hydrogen-bond donors (Lipinski definition) is 3. The third-order valence-corrected chi connectivity index (χ3v) is 10.9. The number of nitrogens with one attached hydrogen (secondary N) is 1. The van der Waals surface area contributed by atoms with Crippen LogP contribution in [0.2, 0.25) is 5.02 Å². The van der Waals surface area contributed by atoms with Gasteiger partial charge in [0.05, 0.1) is 62.5 Å². The Labute approximate surface area is 368 Å². The van der Waals surface area contributed by atoms with E-state index in [2.05, 4.69) is 27.0 Å². The number of alkyl halides is 3. The molecule has 64 heavy (non-hydrogen) atoms. The van der Waals surface area contributed by atoms with Gasteiger partial charge in [-0.05, 0) is 54.6 Å². The lowest BCUT2D eigenvalue weighted by Gasteiger charge is -2.61. The highest BCUT2D eigenvalue weighted by Gasteiger charge is 2.53. The molecule has 330 valence electrons. The van der Waals surface area contributed by atoms with Crippen molar-refractivity contribution in [2.75, 3.05) is 64.3 Å². The minimum Gasteiger partial charge on any atom is -0.496 e. The zero-order valence-electron chi connectivity index (χ0n) is 34.3. The molecule has 4 N–H and O–H groups in total. The van der Waals surface area contributed by atoms with E-state index in [9.17, 15) is 22.8 Å². The average Bonchev–Trinajstić information content (AvgIpc) is 3.40. The number of rotatable bonds is 8. The van der Waals surface area contributed by atoms with Gasteiger partial charge in [-0.3, -0.25) is 9.79 Å². The molecular formula is C45H38ClF4N7O7. The lowest BCUT2D eigenvalue weighted by molar-refractivity contribution is -0.192. The van der Waals surface area contributed by atoms with Crippen molar-refractivity contribution in [2.24, 2.45) is 16.1 Å². The van der Waals surface area contributed by atoms with E-state index in [0.29, 0.717) is 80.5 Å². The summed E-state index contributed by atoms with van der Waals surface area (Å²) >= 11 is 6.46. The van der Waals surface area contributed by atoms with Crippen LogP contribution < -0.4 is 25.4 Å². The number of halogens is 5. The molecule has 14 nitrogen and oxygen atoms in total. The molecule has 5 aromatic rings. The topological polar surface area (TPSA) is 182 Å². The Morgan fingerprint density at radius 3 is 2.33 bits per heavy atom. The molecule has 1 amide bonds. The first kappa shape index (κ1) is 44.8. The quantitative estimate of drug-likeness (QED) is 0.0849. The maximum atomic E-state index is 15.3. The summed E-state index contributed by atoms with van der Waals surface area (Å²) in [4.78, 5) is 53.1. The van der Waals surface area contributed by atoms with Gasteiger partial charge in [-0.25, -0.2) is 23.9 Å². The predicted octanol–water partition coefficient (Wildman–Crippen LogP) is 6.74. The number of likely N-dealkylation sites (tertiary alicyclic amines) is 1. The highest BCUT2D eigenvalue weighted by atomic mass is 35.5. The molecule has 19 heteroatoms. The second-order valence-electron chi connectivity index (χ2n) is 14.8. The molecule has 4 aromatic carbocycles. The van der Waals surface area contributed by atoms with Gasteiger partial charge in [0, 0.05) is 82.5 Å². The average molecular weight is 900 g/mol. The molecule has 1 spiro atoms. The van der Waals surface area contributed by atoms with Crippen LogP contribution in [0.4, 0.5) is 34.9 Å². The summed E-state index contributed by atoms with van der Waals surface area (Å²) in [6.45, 7) is 3.12. The van der Waals surface area contributed by atoms with E-state index in [-0.39, 0.29) is 30.0 Å².